The van der Waals surface area contributed by atoms with Crippen molar-refractivity contribution in [2.24, 2.45) is 0 Å². The van der Waals surface area contributed by atoms with Crippen LogP contribution in [-0.2, 0) is 6.37 Å². The van der Waals surface area contributed by atoms with Gasteiger partial charge in [0.1, 0.15) is 5.82 Å². The summed E-state index contributed by atoms with van der Waals surface area (Å²) in [6.07, 6.45) is -0.857. The summed E-state index contributed by atoms with van der Waals surface area (Å²) in [7, 11) is 0. The van der Waals surface area contributed by atoms with E-state index in [1.165, 1.54) is 0 Å². The van der Waals surface area contributed by atoms with Gasteiger partial charge in [-0.3, -0.25) is 9.55 Å². The van der Waals surface area contributed by atoms with Crippen molar-refractivity contribution in [3.63, 3.8) is 0 Å². The zero-order valence-electron chi connectivity index (χ0n) is 28.2. The van der Waals surface area contributed by atoms with Gasteiger partial charge >= 0.3 is 0 Å². The number of aryl methyl sites for hydroxylation is 1. The molecule has 43 heavy (non-hydrogen) atoms. The molecule has 0 aliphatic carbocycles. The lowest BCUT2D eigenvalue weighted by Crippen LogP contribution is -2.00. The van der Waals surface area contributed by atoms with E-state index in [2.05, 4.69) is 82.8 Å². The van der Waals surface area contributed by atoms with Crippen molar-refractivity contribution in [3.8, 4) is 39.2 Å². The molecule has 204 valence electrons. The minimum atomic E-state index is -2.90. The van der Waals surface area contributed by atoms with E-state index in [0.29, 0.717) is 16.7 Å². The van der Waals surface area contributed by atoms with Crippen molar-refractivity contribution in [2.45, 2.75) is 13.2 Å². The fourth-order valence-electron chi connectivity index (χ4n) is 6.24. The van der Waals surface area contributed by atoms with E-state index < -0.39 is 13.2 Å². The predicted octanol–water partition coefficient (Wildman–Crippen LogP) is 10.3. The molecule has 0 atom stereocenters. The van der Waals surface area contributed by atoms with E-state index in [-0.39, 0.29) is 5.82 Å². The van der Waals surface area contributed by atoms with Crippen LogP contribution in [0.25, 0.3) is 71.8 Å². The quantitative estimate of drug-likeness (QED) is 0.197. The molecule has 0 fully saturated rings. The van der Waals surface area contributed by atoms with Crippen LogP contribution < -0.4 is 0 Å². The van der Waals surface area contributed by atoms with Crippen LogP contribution in [0.3, 0.4) is 0 Å². The molecule has 2 aromatic heterocycles. The van der Waals surface area contributed by atoms with Crippen LogP contribution in [0.2, 0.25) is 0 Å². The fourth-order valence-corrected chi connectivity index (χ4v) is 6.24. The first-order valence-electron chi connectivity index (χ1n) is 16.8. The van der Waals surface area contributed by atoms with Gasteiger partial charge < -0.3 is 0 Å². The average Bonchev–Trinajstić information content (AvgIpc) is 3.51. The maximum atomic E-state index is 8.56. The number of benzene rings is 6. The number of aromatic nitrogens is 3. The van der Waals surface area contributed by atoms with Crippen LogP contribution in [0.15, 0.2) is 146 Å². The average molecular weight is 557 g/mol. The number of nitrogens with zero attached hydrogens (tertiary/aromatic N) is 3. The highest BCUT2D eigenvalue weighted by atomic mass is 15.1. The smallest absolute Gasteiger partial charge is 0.114 e. The third-order valence-corrected chi connectivity index (χ3v) is 8.15. The Labute approximate surface area is 257 Å². The Morgan fingerprint density at radius 2 is 1.12 bits per heavy atom. The highest BCUT2D eigenvalue weighted by molar-refractivity contribution is 6.21. The van der Waals surface area contributed by atoms with E-state index in [1.807, 2.05) is 60.7 Å². The van der Waals surface area contributed by atoms with Gasteiger partial charge in [-0.1, -0.05) is 110 Å². The molecule has 0 spiro atoms. The monoisotopic (exact) mass is 556 g/mol. The van der Waals surface area contributed by atoms with Gasteiger partial charge in [0.15, 0.2) is 0 Å². The molecular weight excluding hydrogens is 522 g/mol. The van der Waals surface area contributed by atoms with Crippen molar-refractivity contribution >= 4 is 32.6 Å². The summed E-state index contributed by atoms with van der Waals surface area (Å²) in [6, 6.07) is 46.5. The van der Waals surface area contributed by atoms with Crippen molar-refractivity contribution < 1.29 is 6.85 Å². The van der Waals surface area contributed by atoms with Crippen molar-refractivity contribution in [2.75, 3.05) is 0 Å². The zero-order chi connectivity index (χ0) is 33.0. The second-order valence-corrected chi connectivity index (χ2v) is 10.6. The SMILES string of the molecule is [2H]C([2H])([2H])C([2H])([2H])c1nc2ccccc2n1-c1ccc(-c2c3ccccc3c(-c3ccc(-c4ccccn4)cc3)c3ccccc23)cc1. The molecule has 6 aromatic carbocycles. The Hall–Kier alpha value is -5.54. The molecule has 0 N–H and O–H groups in total. The number of hydrogen-bond donors (Lipinski definition) is 0. The van der Waals surface area contributed by atoms with Crippen molar-refractivity contribution in [1.82, 2.24) is 14.5 Å². The molecule has 2 heterocycles. The lowest BCUT2D eigenvalue weighted by atomic mass is 9.86. The summed E-state index contributed by atoms with van der Waals surface area (Å²) in [6.45, 7) is -2.90. The van der Waals surface area contributed by atoms with Crippen LogP contribution in [0.1, 0.15) is 19.5 Å². The third-order valence-electron chi connectivity index (χ3n) is 8.15. The zero-order valence-corrected chi connectivity index (χ0v) is 23.2. The first kappa shape index (κ1) is 20.4. The summed E-state index contributed by atoms with van der Waals surface area (Å²) in [5.41, 5.74) is 8.17. The first-order valence-corrected chi connectivity index (χ1v) is 14.3. The van der Waals surface area contributed by atoms with Gasteiger partial charge in [-0.15, -0.1) is 0 Å². The van der Waals surface area contributed by atoms with Crippen LogP contribution in [0.5, 0.6) is 0 Å². The largest absolute Gasteiger partial charge is 0.296 e. The van der Waals surface area contributed by atoms with Gasteiger partial charge in [-0.25, -0.2) is 4.98 Å². The molecule has 8 aromatic rings. The minimum Gasteiger partial charge on any atom is -0.296 e. The van der Waals surface area contributed by atoms with Gasteiger partial charge in [-0.2, -0.15) is 0 Å². The van der Waals surface area contributed by atoms with Crippen LogP contribution in [0.4, 0.5) is 0 Å². The van der Waals surface area contributed by atoms with E-state index in [9.17, 15) is 0 Å². The molecule has 0 unspecified atom stereocenters. The maximum absolute atomic E-state index is 8.56. The van der Waals surface area contributed by atoms with Crippen LogP contribution >= 0.6 is 0 Å². The summed E-state index contributed by atoms with van der Waals surface area (Å²) < 4.78 is 42.6. The third kappa shape index (κ3) is 4.21. The molecule has 0 radical (unpaired) electrons. The number of fused-ring (bicyclic) bond motifs is 3. The van der Waals surface area contributed by atoms with Gasteiger partial charge in [-0.05, 0) is 80.2 Å². The second kappa shape index (κ2) is 10.4. The number of para-hydroxylation sites is 2. The van der Waals surface area contributed by atoms with E-state index >= 15 is 0 Å². The van der Waals surface area contributed by atoms with E-state index in [0.717, 1.165) is 55.1 Å². The molecule has 0 saturated heterocycles. The summed E-state index contributed by atoms with van der Waals surface area (Å²) in [5, 5.41) is 4.49. The second-order valence-electron chi connectivity index (χ2n) is 10.6. The first-order chi connectivity index (χ1) is 23.2. The fraction of sp³-hybridized carbons (Fsp3) is 0.0500. The van der Waals surface area contributed by atoms with Gasteiger partial charge in [0.25, 0.3) is 0 Å². The Kier molecular flexibility index (Phi) is 4.91. The van der Waals surface area contributed by atoms with E-state index in [1.54, 1.807) is 16.8 Å². The number of imidazole rings is 1. The maximum Gasteiger partial charge on any atom is 0.114 e. The highest BCUT2D eigenvalue weighted by Gasteiger charge is 2.17. The minimum absolute atomic E-state index is 0.147. The molecule has 8 rings (SSSR count). The number of hydrogen-bond acceptors (Lipinski definition) is 2. The van der Waals surface area contributed by atoms with E-state index in [4.69, 9.17) is 6.85 Å². The molecule has 3 heteroatoms. The Balaban J connectivity index is 1.30. The van der Waals surface area contributed by atoms with Crippen molar-refractivity contribution in [1.29, 1.82) is 0 Å². The molecular formula is C40H29N3. The lowest BCUT2D eigenvalue weighted by molar-refractivity contribution is 0.908. The van der Waals surface area contributed by atoms with Gasteiger partial charge in [0, 0.05) is 30.7 Å². The molecule has 0 amide bonds. The number of rotatable bonds is 5. The van der Waals surface area contributed by atoms with Crippen LogP contribution in [-0.4, -0.2) is 14.5 Å². The Morgan fingerprint density at radius 3 is 1.70 bits per heavy atom. The van der Waals surface area contributed by atoms with Crippen molar-refractivity contribution in [3.05, 3.63) is 152 Å². The predicted molar refractivity (Wildman–Crippen MR) is 180 cm³/mol. The lowest BCUT2D eigenvalue weighted by Gasteiger charge is -2.18. The summed E-state index contributed by atoms with van der Waals surface area (Å²) >= 11 is 0. The highest BCUT2D eigenvalue weighted by Crippen LogP contribution is 2.44. The van der Waals surface area contributed by atoms with Gasteiger partial charge in [0.2, 0.25) is 0 Å². The number of pyridine rings is 1. The standard InChI is InChI=1S/C40H29N3/c1-2-38-42-36-16-7-8-17-37(36)43(38)30-24-22-29(23-25-30)40-33-13-5-3-11-31(33)39(32-12-4-6-14-34(32)40)28-20-18-27(19-21-28)35-15-9-10-26-41-35/h3-26H,2H2,1H3/i1D3,2D2. The molecule has 0 bridgehead atoms. The summed E-state index contributed by atoms with van der Waals surface area (Å²) in [4.78, 5) is 8.99. The van der Waals surface area contributed by atoms with Gasteiger partial charge in [0.05, 0.1) is 16.7 Å². The summed E-state index contributed by atoms with van der Waals surface area (Å²) in [5.74, 6) is -0.147. The molecule has 0 aliphatic heterocycles. The molecule has 0 saturated carbocycles. The normalized spacial score (nSPS) is 13.8. The Bertz CT molecular complexity index is 2390. The molecule has 0 aliphatic rings. The molecule has 3 nitrogen and oxygen atoms in total. The van der Waals surface area contributed by atoms with Crippen LogP contribution in [0, 0.1) is 0 Å². The Morgan fingerprint density at radius 1 is 0.581 bits per heavy atom. The topological polar surface area (TPSA) is 30.7 Å².